The predicted octanol–water partition coefficient (Wildman–Crippen LogP) is 3.12. The third-order valence-electron chi connectivity index (χ3n) is 2.48. The van der Waals surface area contributed by atoms with Crippen molar-refractivity contribution in [3.05, 3.63) is 66.0 Å². The Morgan fingerprint density at radius 2 is 1.88 bits per heavy atom. The Kier molecular flexibility index (Phi) is 3.01. The van der Waals surface area contributed by atoms with Gasteiger partial charge in [0.2, 0.25) is 0 Å². The van der Waals surface area contributed by atoms with Crippen molar-refractivity contribution in [1.29, 1.82) is 0 Å². The van der Waals surface area contributed by atoms with Crippen molar-refractivity contribution in [3.63, 3.8) is 0 Å². The van der Waals surface area contributed by atoms with Crippen LogP contribution in [0.3, 0.4) is 0 Å². The van der Waals surface area contributed by atoms with E-state index in [1.807, 2.05) is 55.5 Å². The van der Waals surface area contributed by atoms with E-state index in [0.717, 1.165) is 22.5 Å². The van der Waals surface area contributed by atoms with Gasteiger partial charge in [-0.2, -0.15) is 0 Å². The molecule has 1 aromatic carbocycles. The molecule has 2 N–H and O–H groups in total. The minimum absolute atomic E-state index is 0.779. The molecule has 1 aromatic heterocycles. The van der Waals surface area contributed by atoms with Gasteiger partial charge in [0.1, 0.15) is 0 Å². The highest BCUT2D eigenvalue weighted by Crippen LogP contribution is 2.25. The highest BCUT2D eigenvalue weighted by Gasteiger charge is 2.07. The summed E-state index contributed by atoms with van der Waals surface area (Å²) in [6.45, 7) is 2.00. The van der Waals surface area contributed by atoms with Crippen molar-refractivity contribution in [2.75, 3.05) is 5.73 Å². The van der Waals surface area contributed by atoms with Crippen LogP contribution in [0.1, 0.15) is 18.2 Å². The van der Waals surface area contributed by atoms with Crippen LogP contribution in [0.5, 0.6) is 0 Å². The first kappa shape index (κ1) is 10.4. The summed E-state index contributed by atoms with van der Waals surface area (Å²) in [4.78, 5) is 4.34. The Labute approximate surface area is 95.5 Å². The molecule has 0 aliphatic rings. The molecule has 0 amide bonds. The summed E-state index contributed by atoms with van der Waals surface area (Å²) < 4.78 is 0. The van der Waals surface area contributed by atoms with Gasteiger partial charge in [-0.05, 0) is 25.1 Å². The molecule has 2 nitrogen and oxygen atoms in total. The van der Waals surface area contributed by atoms with Gasteiger partial charge in [0, 0.05) is 23.0 Å². The molecule has 1 heterocycles. The SMILES string of the molecule is C/C=C(\c1ccccn1)c1ccccc1N. The Morgan fingerprint density at radius 3 is 2.50 bits per heavy atom. The Hall–Kier alpha value is -2.09. The van der Waals surface area contributed by atoms with E-state index < -0.39 is 0 Å². The van der Waals surface area contributed by atoms with Gasteiger partial charge in [-0.3, -0.25) is 4.98 Å². The lowest BCUT2D eigenvalue weighted by molar-refractivity contribution is 1.27. The van der Waals surface area contributed by atoms with Gasteiger partial charge in [0.05, 0.1) is 5.69 Å². The van der Waals surface area contributed by atoms with Gasteiger partial charge in [0.25, 0.3) is 0 Å². The first-order valence-electron chi connectivity index (χ1n) is 5.25. The number of nitrogens with two attached hydrogens (primary N) is 1. The number of anilines is 1. The van der Waals surface area contributed by atoms with E-state index in [1.165, 1.54) is 0 Å². The predicted molar refractivity (Wildman–Crippen MR) is 67.8 cm³/mol. The fourth-order valence-electron chi connectivity index (χ4n) is 1.71. The molecule has 0 saturated heterocycles. The lowest BCUT2D eigenvalue weighted by Crippen LogP contribution is -1.96. The number of para-hydroxylation sites is 1. The quantitative estimate of drug-likeness (QED) is 0.773. The van der Waals surface area contributed by atoms with E-state index in [4.69, 9.17) is 5.73 Å². The van der Waals surface area contributed by atoms with Crippen molar-refractivity contribution < 1.29 is 0 Å². The summed E-state index contributed by atoms with van der Waals surface area (Å²) in [5.74, 6) is 0. The van der Waals surface area contributed by atoms with Crippen molar-refractivity contribution in [3.8, 4) is 0 Å². The number of benzene rings is 1. The van der Waals surface area contributed by atoms with Gasteiger partial charge in [-0.15, -0.1) is 0 Å². The van der Waals surface area contributed by atoms with Crippen LogP contribution in [-0.4, -0.2) is 4.98 Å². The molecule has 0 unspecified atom stereocenters. The molecule has 2 heteroatoms. The van der Waals surface area contributed by atoms with Gasteiger partial charge >= 0.3 is 0 Å². The van der Waals surface area contributed by atoms with Crippen molar-refractivity contribution >= 4 is 11.3 Å². The molecule has 0 atom stereocenters. The molecule has 0 saturated carbocycles. The fraction of sp³-hybridized carbons (Fsp3) is 0.0714. The Balaban J connectivity index is 2.51. The number of nitrogens with zero attached hydrogens (tertiary/aromatic N) is 1. The van der Waals surface area contributed by atoms with Gasteiger partial charge in [-0.1, -0.05) is 30.3 Å². The molecule has 16 heavy (non-hydrogen) atoms. The van der Waals surface area contributed by atoms with Crippen LogP contribution < -0.4 is 5.73 Å². The third-order valence-corrected chi connectivity index (χ3v) is 2.48. The van der Waals surface area contributed by atoms with E-state index in [0.29, 0.717) is 0 Å². The Morgan fingerprint density at radius 1 is 1.12 bits per heavy atom. The normalized spacial score (nSPS) is 11.4. The van der Waals surface area contributed by atoms with Crippen molar-refractivity contribution in [1.82, 2.24) is 4.98 Å². The molecular weight excluding hydrogens is 196 g/mol. The minimum atomic E-state index is 0.779. The second-order valence-electron chi connectivity index (χ2n) is 3.50. The second kappa shape index (κ2) is 4.62. The van der Waals surface area contributed by atoms with Crippen LogP contribution >= 0.6 is 0 Å². The molecule has 0 aliphatic heterocycles. The zero-order valence-corrected chi connectivity index (χ0v) is 9.22. The average Bonchev–Trinajstić information content (AvgIpc) is 2.34. The summed E-state index contributed by atoms with van der Waals surface area (Å²) in [7, 11) is 0. The van der Waals surface area contributed by atoms with Gasteiger partial charge < -0.3 is 5.73 Å². The number of hydrogen-bond donors (Lipinski definition) is 1. The van der Waals surface area contributed by atoms with Crippen LogP contribution in [0, 0.1) is 0 Å². The van der Waals surface area contributed by atoms with E-state index in [1.54, 1.807) is 6.20 Å². The highest BCUT2D eigenvalue weighted by atomic mass is 14.7. The highest BCUT2D eigenvalue weighted by molar-refractivity contribution is 5.83. The minimum Gasteiger partial charge on any atom is -0.398 e. The lowest BCUT2D eigenvalue weighted by Gasteiger charge is -2.09. The maximum absolute atomic E-state index is 5.97. The first-order valence-corrected chi connectivity index (χ1v) is 5.25. The van der Waals surface area contributed by atoms with E-state index in [9.17, 15) is 0 Å². The molecule has 0 aliphatic carbocycles. The topological polar surface area (TPSA) is 38.9 Å². The van der Waals surface area contributed by atoms with Crippen LogP contribution in [0.4, 0.5) is 5.69 Å². The fourth-order valence-corrected chi connectivity index (χ4v) is 1.71. The van der Waals surface area contributed by atoms with Crippen molar-refractivity contribution in [2.24, 2.45) is 0 Å². The summed E-state index contributed by atoms with van der Waals surface area (Å²) in [6, 6.07) is 13.7. The number of rotatable bonds is 2. The molecular formula is C14H14N2. The smallest absolute Gasteiger partial charge is 0.0705 e. The van der Waals surface area contributed by atoms with E-state index in [-0.39, 0.29) is 0 Å². The summed E-state index contributed by atoms with van der Waals surface area (Å²) in [6.07, 6.45) is 3.83. The van der Waals surface area contributed by atoms with Gasteiger partial charge in [0.15, 0.2) is 0 Å². The Bertz CT molecular complexity index is 501. The van der Waals surface area contributed by atoms with Crippen molar-refractivity contribution in [2.45, 2.75) is 6.92 Å². The van der Waals surface area contributed by atoms with Gasteiger partial charge in [-0.25, -0.2) is 0 Å². The zero-order valence-electron chi connectivity index (χ0n) is 9.22. The lowest BCUT2D eigenvalue weighted by atomic mass is 10.0. The average molecular weight is 210 g/mol. The van der Waals surface area contributed by atoms with E-state index in [2.05, 4.69) is 4.98 Å². The molecule has 0 spiro atoms. The molecule has 2 rings (SSSR count). The molecule has 80 valence electrons. The largest absolute Gasteiger partial charge is 0.398 e. The number of hydrogen-bond acceptors (Lipinski definition) is 2. The monoisotopic (exact) mass is 210 g/mol. The molecule has 0 radical (unpaired) electrons. The van der Waals surface area contributed by atoms with E-state index >= 15 is 0 Å². The number of nitrogen functional groups attached to an aromatic ring is 1. The number of allylic oxidation sites excluding steroid dienone is 1. The van der Waals surface area contributed by atoms with Crippen LogP contribution in [-0.2, 0) is 0 Å². The second-order valence-corrected chi connectivity index (χ2v) is 3.50. The summed E-state index contributed by atoms with van der Waals surface area (Å²) in [5, 5.41) is 0. The van der Waals surface area contributed by atoms with Crippen LogP contribution in [0.2, 0.25) is 0 Å². The molecule has 0 bridgehead atoms. The first-order chi connectivity index (χ1) is 7.83. The molecule has 0 fully saturated rings. The van der Waals surface area contributed by atoms with Crippen LogP contribution in [0.15, 0.2) is 54.7 Å². The number of pyridine rings is 1. The maximum atomic E-state index is 5.97. The maximum Gasteiger partial charge on any atom is 0.0705 e. The number of aromatic nitrogens is 1. The summed E-state index contributed by atoms with van der Waals surface area (Å²) >= 11 is 0. The zero-order chi connectivity index (χ0) is 11.4. The standard InChI is InChI=1S/C14H14N2/c1-2-11(14-9-5-6-10-16-14)12-7-3-4-8-13(12)15/h2-10H,15H2,1H3/b11-2-. The van der Waals surface area contributed by atoms with Crippen LogP contribution in [0.25, 0.3) is 5.57 Å². The summed E-state index contributed by atoms with van der Waals surface area (Å²) in [5.41, 5.74) is 9.79. The molecule has 2 aromatic rings. The third kappa shape index (κ3) is 1.96.